The Morgan fingerprint density at radius 2 is 1.77 bits per heavy atom. The van der Waals surface area contributed by atoms with Gasteiger partial charge in [0.1, 0.15) is 0 Å². The highest BCUT2D eigenvalue weighted by Crippen LogP contribution is 2.39. The molecule has 0 aliphatic carbocycles. The summed E-state index contributed by atoms with van der Waals surface area (Å²) in [6.07, 6.45) is 0.562. The van der Waals surface area contributed by atoms with E-state index in [-0.39, 0.29) is 30.6 Å². The molecule has 6 heteroatoms. The van der Waals surface area contributed by atoms with Crippen LogP contribution in [0.2, 0.25) is 10.0 Å². The Kier molecular flexibility index (Phi) is 4.51. The molecule has 0 saturated carbocycles. The molecule has 2 heterocycles. The molecule has 134 valence electrons. The second-order valence-electron chi connectivity index (χ2n) is 6.92. The van der Waals surface area contributed by atoms with Gasteiger partial charge in [-0.05, 0) is 48.0 Å². The first-order valence-corrected chi connectivity index (χ1v) is 9.31. The van der Waals surface area contributed by atoms with E-state index < -0.39 is 0 Å². The van der Waals surface area contributed by atoms with Gasteiger partial charge in [0, 0.05) is 41.9 Å². The van der Waals surface area contributed by atoms with E-state index in [9.17, 15) is 9.59 Å². The summed E-state index contributed by atoms with van der Waals surface area (Å²) in [6, 6.07) is 11.4. The first kappa shape index (κ1) is 17.5. The van der Waals surface area contributed by atoms with Gasteiger partial charge >= 0.3 is 0 Å². The van der Waals surface area contributed by atoms with Crippen molar-refractivity contribution in [2.24, 2.45) is 0 Å². The van der Waals surface area contributed by atoms with E-state index in [4.69, 9.17) is 23.2 Å². The Hall–Kier alpha value is -1.88. The Morgan fingerprint density at radius 3 is 2.50 bits per heavy atom. The number of amides is 2. The van der Waals surface area contributed by atoms with Crippen molar-refractivity contribution in [2.75, 3.05) is 18.5 Å². The van der Waals surface area contributed by atoms with E-state index in [2.05, 4.69) is 11.9 Å². The van der Waals surface area contributed by atoms with Crippen molar-refractivity contribution in [3.63, 3.8) is 0 Å². The van der Waals surface area contributed by atoms with Crippen LogP contribution in [-0.4, -0.2) is 30.3 Å². The maximum absolute atomic E-state index is 12.1. The molecule has 2 aliphatic heterocycles. The molecule has 1 saturated heterocycles. The molecule has 1 fully saturated rings. The summed E-state index contributed by atoms with van der Waals surface area (Å²) in [7, 11) is 2.05. The lowest BCUT2D eigenvalue weighted by Gasteiger charge is -2.33. The highest BCUT2D eigenvalue weighted by atomic mass is 35.5. The largest absolute Gasteiger partial charge is 0.301 e. The summed E-state index contributed by atoms with van der Waals surface area (Å²) in [5.41, 5.74) is 3.87. The fourth-order valence-corrected chi connectivity index (χ4v) is 4.44. The van der Waals surface area contributed by atoms with Gasteiger partial charge in [0.15, 0.2) is 0 Å². The number of fused-ring (bicyclic) bond motifs is 1. The SMILES string of the molecule is CN1Cc2c(Cl)cc(Cl)cc2C(c2cccc(N3C(=O)CCC3=O)c2)C1. The zero-order chi connectivity index (χ0) is 18.4. The number of carbonyl (C=O) groups excluding carboxylic acids is 2. The summed E-state index contributed by atoms with van der Waals surface area (Å²) < 4.78 is 0. The maximum Gasteiger partial charge on any atom is 0.234 e. The van der Waals surface area contributed by atoms with E-state index in [1.54, 1.807) is 6.07 Å². The first-order valence-electron chi connectivity index (χ1n) is 8.56. The second-order valence-corrected chi connectivity index (χ2v) is 7.77. The van der Waals surface area contributed by atoms with E-state index in [1.807, 2.05) is 30.3 Å². The third kappa shape index (κ3) is 3.02. The van der Waals surface area contributed by atoms with Crippen LogP contribution in [0.25, 0.3) is 0 Å². The number of hydrogen-bond acceptors (Lipinski definition) is 3. The molecule has 0 N–H and O–H groups in total. The van der Waals surface area contributed by atoms with Crippen molar-refractivity contribution >= 4 is 40.7 Å². The normalized spacial score (nSPS) is 20.6. The summed E-state index contributed by atoms with van der Waals surface area (Å²) in [5, 5.41) is 1.29. The average molecular weight is 389 g/mol. The Bertz CT molecular complexity index is 897. The van der Waals surface area contributed by atoms with Crippen LogP contribution in [0.1, 0.15) is 35.4 Å². The molecule has 4 rings (SSSR count). The van der Waals surface area contributed by atoms with Gasteiger partial charge in [0.2, 0.25) is 11.8 Å². The lowest BCUT2D eigenvalue weighted by molar-refractivity contribution is -0.121. The monoisotopic (exact) mass is 388 g/mol. The van der Waals surface area contributed by atoms with Crippen LogP contribution in [0.3, 0.4) is 0 Å². The lowest BCUT2D eigenvalue weighted by atomic mass is 9.84. The lowest BCUT2D eigenvalue weighted by Crippen LogP contribution is -2.32. The molecule has 1 unspecified atom stereocenters. The van der Waals surface area contributed by atoms with E-state index in [0.29, 0.717) is 15.7 Å². The van der Waals surface area contributed by atoms with Crippen molar-refractivity contribution in [3.05, 3.63) is 63.1 Å². The van der Waals surface area contributed by atoms with Crippen LogP contribution < -0.4 is 4.90 Å². The van der Waals surface area contributed by atoms with Crippen LogP contribution in [0.4, 0.5) is 5.69 Å². The highest BCUT2D eigenvalue weighted by Gasteiger charge is 2.32. The number of anilines is 1. The minimum Gasteiger partial charge on any atom is -0.301 e. The van der Waals surface area contributed by atoms with Gasteiger partial charge in [0.05, 0.1) is 5.69 Å². The predicted molar refractivity (Wildman–Crippen MR) is 103 cm³/mol. The molecule has 0 aromatic heterocycles. The summed E-state index contributed by atoms with van der Waals surface area (Å²) in [5.74, 6) is -0.202. The van der Waals surface area contributed by atoms with Crippen molar-refractivity contribution in [3.8, 4) is 0 Å². The Morgan fingerprint density at radius 1 is 1.04 bits per heavy atom. The molecule has 2 aromatic carbocycles. The molecular weight excluding hydrogens is 371 g/mol. The summed E-state index contributed by atoms with van der Waals surface area (Å²) in [6.45, 7) is 1.58. The molecule has 26 heavy (non-hydrogen) atoms. The van der Waals surface area contributed by atoms with Gasteiger partial charge in [-0.1, -0.05) is 35.3 Å². The number of carbonyl (C=O) groups is 2. The molecule has 0 radical (unpaired) electrons. The third-order valence-electron chi connectivity index (χ3n) is 5.07. The van der Waals surface area contributed by atoms with Gasteiger partial charge in [-0.3, -0.25) is 14.5 Å². The fourth-order valence-electron chi connectivity index (χ4n) is 3.88. The van der Waals surface area contributed by atoms with Crippen molar-refractivity contribution in [1.29, 1.82) is 0 Å². The minimum absolute atomic E-state index is 0.0766. The topological polar surface area (TPSA) is 40.6 Å². The van der Waals surface area contributed by atoms with Gasteiger partial charge < -0.3 is 4.90 Å². The number of halogens is 2. The molecule has 4 nitrogen and oxygen atoms in total. The number of benzene rings is 2. The van der Waals surface area contributed by atoms with E-state index >= 15 is 0 Å². The maximum atomic E-state index is 12.1. The van der Waals surface area contributed by atoms with Gasteiger partial charge in [0.25, 0.3) is 0 Å². The number of rotatable bonds is 2. The minimum atomic E-state index is -0.139. The Labute approximate surface area is 162 Å². The molecule has 1 atom stereocenters. The number of likely N-dealkylation sites (N-methyl/N-ethyl adjacent to an activating group) is 1. The molecule has 2 aliphatic rings. The molecule has 0 spiro atoms. The predicted octanol–water partition coefficient (Wildman–Crippen LogP) is 4.22. The summed E-state index contributed by atoms with van der Waals surface area (Å²) >= 11 is 12.7. The Balaban J connectivity index is 1.78. The van der Waals surface area contributed by atoms with Crippen molar-refractivity contribution < 1.29 is 9.59 Å². The van der Waals surface area contributed by atoms with Crippen LogP contribution in [0.15, 0.2) is 36.4 Å². The first-order chi connectivity index (χ1) is 12.4. The highest BCUT2D eigenvalue weighted by molar-refractivity contribution is 6.35. The number of hydrogen-bond donors (Lipinski definition) is 0. The van der Waals surface area contributed by atoms with Gasteiger partial charge in [-0.2, -0.15) is 0 Å². The zero-order valence-corrected chi connectivity index (χ0v) is 15.8. The average Bonchev–Trinajstić information content (AvgIpc) is 2.94. The van der Waals surface area contributed by atoms with Crippen molar-refractivity contribution in [1.82, 2.24) is 4.90 Å². The number of imide groups is 1. The standard InChI is InChI=1S/C20H18Cl2N2O2/c1-23-10-16(15-8-13(21)9-18(22)17(15)11-23)12-3-2-4-14(7-12)24-19(25)5-6-20(24)26/h2-4,7-9,16H,5-6,10-11H2,1H3. The van der Waals surface area contributed by atoms with Crippen LogP contribution in [-0.2, 0) is 16.1 Å². The number of nitrogens with zero attached hydrogens (tertiary/aromatic N) is 2. The third-order valence-corrected chi connectivity index (χ3v) is 5.63. The second kappa shape index (κ2) is 6.69. The van der Waals surface area contributed by atoms with Crippen LogP contribution in [0.5, 0.6) is 0 Å². The van der Waals surface area contributed by atoms with Gasteiger partial charge in [-0.25, -0.2) is 0 Å². The molecule has 0 bridgehead atoms. The molecular formula is C20H18Cl2N2O2. The van der Waals surface area contributed by atoms with E-state index in [1.165, 1.54) is 4.90 Å². The molecule has 2 amide bonds. The van der Waals surface area contributed by atoms with Crippen LogP contribution >= 0.6 is 23.2 Å². The van der Waals surface area contributed by atoms with Gasteiger partial charge in [-0.15, -0.1) is 0 Å². The molecule has 2 aromatic rings. The zero-order valence-electron chi connectivity index (χ0n) is 14.3. The summed E-state index contributed by atoms with van der Waals surface area (Å²) in [4.78, 5) is 27.7. The van der Waals surface area contributed by atoms with E-state index in [0.717, 1.165) is 29.8 Å². The smallest absolute Gasteiger partial charge is 0.234 e. The van der Waals surface area contributed by atoms with Crippen molar-refractivity contribution in [2.45, 2.75) is 25.3 Å². The van der Waals surface area contributed by atoms with Crippen LogP contribution in [0, 0.1) is 0 Å². The quantitative estimate of drug-likeness (QED) is 0.722. The fraction of sp³-hybridized carbons (Fsp3) is 0.300.